The SMILES string of the molecule is CC(C)N1CCN(c2ccn3ncc(Br)c3n2)CC1. The number of rotatable bonds is 2. The molecule has 0 unspecified atom stereocenters. The molecule has 0 aromatic carbocycles. The van der Waals surface area contributed by atoms with Gasteiger partial charge in [0.15, 0.2) is 5.65 Å². The van der Waals surface area contributed by atoms with Crippen molar-refractivity contribution in [2.75, 3.05) is 31.1 Å². The summed E-state index contributed by atoms with van der Waals surface area (Å²) in [5, 5.41) is 4.22. The van der Waals surface area contributed by atoms with Crippen molar-refractivity contribution >= 4 is 27.4 Å². The molecular weight excluding hydrogens is 306 g/mol. The van der Waals surface area contributed by atoms with Gasteiger partial charge in [0.25, 0.3) is 0 Å². The van der Waals surface area contributed by atoms with Crippen molar-refractivity contribution in [1.29, 1.82) is 0 Å². The minimum atomic E-state index is 0.626. The molecule has 0 radical (unpaired) electrons. The number of piperazine rings is 1. The van der Waals surface area contributed by atoms with Crippen molar-refractivity contribution < 1.29 is 0 Å². The normalized spacial score (nSPS) is 17.6. The molecule has 0 bridgehead atoms. The van der Waals surface area contributed by atoms with E-state index in [-0.39, 0.29) is 0 Å². The molecule has 6 heteroatoms. The third-order valence-electron chi connectivity index (χ3n) is 3.68. The summed E-state index contributed by atoms with van der Waals surface area (Å²) in [6, 6.07) is 2.67. The number of halogens is 1. The first kappa shape index (κ1) is 12.9. The second-order valence-electron chi connectivity index (χ2n) is 5.16. The molecule has 0 N–H and O–H groups in total. The maximum atomic E-state index is 4.69. The molecule has 5 nitrogen and oxygen atoms in total. The van der Waals surface area contributed by atoms with Crippen LogP contribution in [0.3, 0.4) is 0 Å². The highest BCUT2D eigenvalue weighted by atomic mass is 79.9. The fraction of sp³-hybridized carbons (Fsp3) is 0.538. The van der Waals surface area contributed by atoms with Crippen LogP contribution >= 0.6 is 15.9 Å². The van der Waals surface area contributed by atoms with Crippen LogP contribution in [0, 0.1) is 0 Å². The van der Waals surface area contributed by atoms with Gasteiger partial charge in [0.05, 0.1) is 10.7 Å². The largest absolute Gasteiger partial charge is 0.354 e. The Morgan fingerprint density at radius 3 is 2.63 bits per heavy atom. The minimum Gasteiger partial charge on any atom is -0.354 e. The fourth-order valence-electron chi connectivity index (χ4n) is 2.48. The molecule has 1 aliphatic heterocycles. The lowest BCUT2D eigenvalue weighted by atomic mass is 10.2. The molecule has 3 rings (SSSR count). The predicted octanol–water partition coefficient (Wildman–Crippen LogP) is 2.02. The van der Waals surface area contributed by atoms with E-state index in [1.807, 2.05) is 12.3 Å². The van der Waals surface area contributed by atoms with E-state index in [0.29, 0.717) is 6.04 Å². The highest BCUT2D eigenvalue weighted by Gasteiger charge is 2.20. The first-order valence-electron chi connectivity index (χ1n) is 6.64. The van der Waals surface area contributed by atoms with Gasteiger partial charge in [0.2, 0.25) is 0 Å². The zero-order valence-electron chi connectivity index (χ0n) is 11.3. The molecule has 19 heavy (non-hydrogen) atoms. The van der Waals surface area contributed by atoms with Crippen LogP contribution in [0.25, 0.3) is 5.65 Å². The third-order valence-corrected chi connectivity index (χ3v) is 4.24. The van der Waals surface area contributed by atoms with Crippen molar-refractivity contribution in [3.05, 3.63) is 22.9 Å². The molecule has 1 fully saturated rings. The molecule has 2 aromatic rings. The molecule has 0 spiro atoms. The lowest BCUT2D eigenvalue weighted by molar-refractivity contribution is 0.209. The summed E-state index contributed by atoms with van der Waals surface area (Å²) in [4.78, 5) is 9.54. The molecule has 0 saturated carbocycles. The van der Waals surface area contributed by atoms with Gasteiger partial charge in [-0.2, -0.15) is 5.10 Å². The van der Waals surface area contributed by atoms with E-state index in [0.717, 1.165) is 42.1 Å². The standard InChI is InChI=1S/C13H18BrN5/c1-10(2)17-5-7-18(8-6-17)12-3-4-19-13(16-12)11(14)9-15-19/h3-4,9-10H,5-8H2,1-2H3. The quantitative estimate of drug-likeness (QED) is 0.847. The molecule has 3 heterocycles. The molecular formula is C13H18BrN5. The Balaban J connectivity index is 1.79. The summed E-state index contributed by atoms with van der Waals surface area (Å²) in [5.41, 5.74) is 0.879. The third kappa shape index (κ3) is 2.47. The van der Waals surface area contributed by atoms with Crippen LogP contribution in [0.5, 0.6) is 0 Å². The zero-order valence-corrected chi connectivity index (χ0v) is 12.8. The van der Waals surface area contributed by atoms with Crippen molar-refractivity contribution in [3.63, 3.8) is 0 Å². The van der Waals surface area contributed by atoms with Gasteiger partial charge >= 0.3 is 0 Å². The molecule has 0 atom stereocenters. The molecule has 1 saturated heterocycles. The van der Waals surface area contributed by atoms with Gasteiger partial charge in [-0.05, 0) is 35.8 Å². The Bertz CT molecular complexity index is 571. The fourth-order valence-corrected chi connectivity index (χ4v) is 2.84. The van der Waals surface area contributed by atoms with Crippen LogP contribution in [0.2, 0.25) is 0 Å². The average molecular weight is 324 g/mol. The van der Waals surface area contributed by atoms with Gasteiger partial charge in [-0.1, -0.05) is 0 Å². The second kappa shape index (κ2) is 5.09. The molecule has 0 amide bonds. The Kier molecular flexibility index (Phi) is 3.45. The van der Waals surface area contributed by atoms with Crippen molar-refractivity contribution in [2.24, 2.45) is 0 Å². The van der Waals surface area contributed by atoms with E-state index in [2.05, 4.69) is 49.7 Å². The molecule has 2 aromatic heterocycles. The average Bonchev–Trinajstić information content (AvgIpc) is 2.80. The summed E-state index contributed by atoms with van der Waals surface area (Å²) >= 11 is 3.48. The first-order chi connectivity index (χ1) is 9.15. The summed E-state index contributed by atoms with van der Waals surface area (Å²) < 4.78 is 2.73. The number of hydrogen-bond acceptors (Lipinski definition) is 4. The van der Waals surface area contributed by atoms with E-state index in [1.54, 1.807) is 10.7 Å². The Morgan fingerprint density at radius 2 is 1.95 bits per heavy atom. The summed E-state index contributed by atoms with van der Waals surface area (Å²) in [6.07, 6.45) is 3.75. The van der Waals surface area contributed by atoms with Crippen LogP contribution in [-0.2, 0) is 0 Å². The minimum absolute atomic E-state index is 0.626. The summed E-state index contributed by atoms with van der Waals surface area (Å²) in [5.74, 6) is 1.04. The van der Waals surface area contributed by atoms with Crippen LogP contribution in [0.15, 0.2) is 22.9 Å². The first-order valence-corrected chi connectivity index (χ1v) is 7.43. The van der Waals surface area contributed by atoms with Crippen molar-refractivity contribution in [3.8, 4) is 0 Å². The van der Waals surface area contributed by atoms with Crippen molar-refractivity contribution in [2.45, 2.75) is 19.9 Å². The number of aromatic nitrogens is 3. The number of anilines is 1. The van der Waals surface area contributed by atoms with Crippen LogP contribution < -0.4 is 4.90 Å². The molecule has 1 aliphatic rings. The predicted molar refractivity (Wildman–Crippen MR) is 79.6 cm³/mol. The van der Waals surface area contributed by atoms with Crippen LogP contribution in [0.1, 0.15) is 13.8 Å². The van der Waals surface area contributed by atoms with E-state index >= 15 is 0 Å². The van der Waals surface area contributed by atoms with Gasteiger partial charge in [0.1, 0.15) is 5.82 Å². The summed E-state index contributed by atoms with van der Waals surface area (Å²) in [7, 11) is 0. The summed E-state index contributed by atoms with van der Waals surface area (Å²) in [6.45, 7) is 8.78. The molecule has 102 valence electrons. The van der Waals surface area contributed by atoms with Gasteiger partial charge in [-0.15, -0.1) is 0 Å². The van der Waals surface area contributed by atoms with Crippen molar-refractivity contribution in [1.82, 2.24) is 19.5 Å². The number of nitrogens with zero attached hydrogens (tertiary/aromatic N) is 5. The van der Waals surface area contributed by atoms with Gasteiger partial charge in [0, 0.05) is 38.4 Å². The van der Waals surface area contributed by atoms with E-state index < -0.39 is 0 Å². The lowest BCUT2D eigenvalue weighted by Crippen LogP contribution is -2.49. The lowest BCUT2D eigenvalue weighted by Gasteiger charge is -2.37. The Hall–Kier alpha value is -1.14. The smallest absolute Gasteiger partial charge is 0.171 e. The second-order valence-corrected chi connectivity index (χ2v) is 6.02. The van der Waals surface area contributed by atoms with E-state index in [1.165, 1.54) is 0 Å². The zero-order chi connectivity index (χ0) is 13.4. The van der Waals surface area contributed by atoms with Gasteiger partial charge in [-0.3, -0.25) is 4.90 Å². The van der Waals surface area contributed by atoms with Gasteiger partial charge in [-0.25, -0.2) is 9.50 Å². The Labute approximate surface area is 121 Å². The maximum absolute atomic E-state index is 4.69. The van der Waals surface area contributed by atoms with E-state index in [9.17, 15) is 0 Å². The monoisotopic (exact) mass is 323 g/mol. The highest BCUT2D eigenvalue weighted by molar-refractivity contribution is 9.10. The molecule has 0 aliphatic carbocycles. The van der Waals surface area contributed by atoms with Crippen LogP contribution in [-0.4, -0.2) is 51.7 Å². The highest BCUT2D eigenvalue weighted by Crippen LogP contribution is 2.20. The topological polar surface area (TPSA) is 36.7 Å². The maximum Gasteiger partial charge on any atom is 0.171 e. The number of hydrogen-bond donors (Lipinski definition) is 0. The number of fused-ring (bicyclic) bond motifs is 1. The van der Waals surface area contributed by atoms with Crippen LogP contribution in [0.4, 0.5) is 5.82 Å². The van der Waals surface area contributed by atoms with E-state index in [4.69, 9.17) is 0 Å². The Morgan fingerprint density at radius 1 is 1.21 bits per heavy atom. The van der Waals surface area contributed by atoms with Gasteiger partial charge < -0.3 is 4.90 Å².